The Balaban J connectivity index is 1.55. The van der Waals surface area contributed by atoms with Crippen LogP contribution in [0.25, 0.3) is 0 Å². The maximum Gasteiger partial charge on any atom is 0.253 e. The van der Waals surface area contributed by atoms with Crippen LogP contribution in [-0.2, 0) is 9.59 Å². The van der Waals surface area contributed by atoms with E-state index < -0.39 is 11.8 Å². The molecule has 0 aliphatic carbocycles. The van der Waals surface area contributed by atoms with E-state index in [4.69, 9.17) is 32.7 Å². The molecule has 2 aromatic carbocycles. The van der Waals surface area contributed by atoms with Crippen LogP contribution in [0.4, 0.5) is 0 Å². The number of methoxy groups -OCH3 is 2. The van der Waals surface area contributed by atoms with Gasteiger partial charge in [0, 0.05) is 17.1 Å². The number of hydrogen-bond donors (Lipinski definition) is 2. The molecule has 8 nitrogen and oxygen atoms in total. The van der Waals surface area contributed by atoms with Gasteiger partial charge in [-0.25, -0.2) is 0 Å². The Morgan fingerprint density at radius 1 is 1.03 bits per heavy atom. The second kappa shape index (κ2) is 11.2. The molecule has 1 fully saturated rings. The van der Waals surface area contributed by atoms with Crippen molar-refractivity contribution in [2.75, 3.05) is 33.9 Å². The Bertz CT molecular complexity index is 1050. The van der Waals surface area contributed by atoms with E-state index in [9.17, 15) is 14.4 Å². The van der Waals surface area contributed by atoms with Gasteiger partial charge in [-0.2, -0.15) is 0 Å². The summed E-state index contributed by atoms with van der Waals surface area (Å²) < 4.78 is 10.8. The van der Waals surface area contributed by atoms with Gasteiger partial charge in [-0.05, 0) is 49.2 Å². The molecule has 33 heavy (non-hydrogen) atoms. The number of halogens is 2. The van der Waals surface area contributed by atoms with Crippen LogP contribution in [0.2, 0.25) is 10.0 Å². The van der Waals surface area contributed by atoms with Gasteiger partial charge in [-0.3, -0.25) is 14.4 Å². The molecule has 2 aromatic rings. The van der Waals surface area contributed by atoms with Crippen LogP contribution in [0.5, 0.6) is 11.5 Å². The molecule has 0 bridgehead atoms. The van der Waals surface area contributed by atoms with Gasteiger partial charge in [0.25, 0.3) is 5.91 Å². The van der Waals surface area contributed by atoms with Crippen molar-refractivity contribution in [2.24, 2.45) is 0 Å². The quantitative estimate of drug-likeness (QED) is 0.588. The number of nitrogens with zero attached hydrogens (tertiary/aromatic N) is 1. The van der Waals surface area contributed by atoms with Crippen molar-refractivity contribution < 1.29 is 23.9 Å². The second-order valence-corrected chi connectivity index (χ2v) is 8.28. The maximum absolute atomic E-state index is 12.8. The molecule has 10 heteroatoms. The van der Waals surface area contributed by atoms with Crippen molar-refractivity contribution in [3.05, 3.63) is 57.6 Å². The average molecular weight is 494 g/mol. The highest BCUT2D eigenvalue weighted by molar-refractivity contribution is 6.36. The molecule has 176 valence electrons. The van der Waals surface area contributed by atoms with Crippen LogP contribution in [0, 0.1) is 0 Å². The summed E-state index contributed by atoms with van der Waals surface area (Å²) in [4.78, 5) is 39.0. The molecule has 3 amide bonds. The highest BCUT2D eigenvalue weighted by Crippen LogP contribution is 2.38. The molecule has 1 atom stereocenters. The Morgan fingerprint density at radius 3 is 2.52 bits per heavy atom. The van der Waals surface area contributed by atoms with Gasteiger partial charge in [-0.15, -0.1) is 0 Å². The molecule has 0 spiro atoms. The van der Waals surface area contributed by atoms with Crippen LogP contribution >= 0.6 is 23.2 Å². The first-order valence-corrected chi connectivity index (χ1v) is 11.1. The summed E-state index contributed by atoms with van der Waals surface area (Å²) in [6.45, 7) is 0.100. The number of likely N-dealkylation sites (tertiary alicyclic amines) is 1. The highest BCUT2D eigenvalue weighted by Gasteiger charge is 2.32. The summed E-state index contributed by atoms with van der Waals surface area (Å²) in [6, 6.07) is 9.76. The lowest BCUT2D eigenvalue weighted by Gasteiger charge is -2.27. The largest absolute Gasteiger partial charge is 0.497 e. The number of carbonyl (C=O) groups is 3. The van der Waals surface area contributed by atoms with Crippen molar-refractivity contribution in [3.63, 3.8) is 0 Å². The fourth-order valence-electron chi connectivity index (χ4n) is 3.76. The molecule has 1 aliphatic rings. The number of amides is 3. The Hall–Kier alpha value is -2.97. The van der Waals surface area contributed by atoms with E-state index in [1.807, 2.05) is 12.1 Å². The number of hydrogen-bond acceptors (Lipinski definition) is 5. The van der Waals surface area contributed by atoms with E-state index in [2.05, 4.69) is 10.6 Å². The van der Waals surface area contributed by atoms with Crippen LogP contribution < -0.4 is 20.1 Å². The van der Waals surface area contributed by atoms with Gasteiger partial charge in [0.2, 0.25) is 11.8 Å². The fourth-order valence-corrected chi connectivity index (χ4v) is 4.25. The van der Waals surface area contributed by atoms with Gasteiger partial charge in [0.15, 0.2) is 0 Å². The molecule has 0 aromatic heterocycles. The van der Waals surface area contributed by atoms with E-state index in [0.29, 0.717) is 23.1 Å². The summed E-state index contributed by atoms with van der Waals surface area (Å²) >= 11 is 11.8. The molecule has 1 aliphatic heterocycles. The summed E-state index contributed by atoms with van der Waals surface area (Å²) in [5, 5.41) is 5.63. The maximum atomic E-state index is 12.8. The first-order chi connectivity index (χ1) is 15.8. The van der Waals surface area contributed by atoms with Crippen LogP contribution in [-0.4, -0.2) is 56.5 Å². The van der Waals surface area contributed by atoms with Gasteiger partial charge in [0.1, 0.15) is 11.5 Å². The smallest absolute Gasteiger partial charge is 0.253 e. The topological polar surface area (TPSA) is 97.0 Å². The van der Waals surface area contributed by atoms with Crippen LogP contribution in [0.3, 0.4) is 0 Å². The number of nitrogens with one attached hydrogen (secondary N) is 2. The molecule has 0 radical (unpaired) electrons. The normalized spacial score (nSPS) is 15.2. The Labute approximate surface area is 202 Å². The van der Waals surface area contributed by atoms with Crippen molar-refractivity contribution in [2.45, 2.75) is 18.9 Å². The van der Waals surface area contributed by atoms with Crippen molar-refractivity contribution in [3.8, 4) is 11.5 Å². The minimum absolute atomic E-state index is 0.175. The zero-order valence-electron chi connectivity index (χ0n) is 18.3. The number of ether oxygens (including phenoxy) is 2. The molecular weight excluding hydrogens is 469 g/mol. The number of benzene rings is 2. The first-order valence-electron chi connectivity index (χ1n) is 10.4. The molecule has 1 saturated heterocycles. The summed E-state index contributed by atoms with van der Waals surface area (Å²) in [7, 11) is 3.16. The molecule has 1 heterocycles. The monoisotopic (exact) mass is 493 g/mol. The van der Waals surface area contributed by atoms with E-state index in [1.54, 1.807) is 25.2 Å². The van der Waals surface area contributed by atoms with E-state index in [1.165, 1.54) is 18.2 Å². The van der Waals surface area contributed by atoms with Crippen molar-refractivity contribution >= 4 is 40.9 Å². The highest BCUT2D eigenvalue weighted by atomic mass is 35.5. The standard InChI is InChI=1S/C23H25Cl2N3O5/c1-32-15-6-8-20(33-2)17(11-15)19-4-3-9-28(19)22(30)13-26-21(29)12-27-23(31)16-7-5-14(24)10-18(16)25/h5-8,10-11,19H,3-4,9,12-13H2,1-2H3,(H,26,29)(H,27,31). The van der Waals surface area contributed by atoms with Gasteiger partial charge < -0.3 is 25.0 Å². The lowest BCUT2D eigenvalue weighted by Crippen LogP contribution is -2.43. The van der Waals surface area contributed by atoms with Crippen molar-refractivity contribution in [1.29, 1.82) is 0 Å². The third kappa shape index (κ3) is 6.09. The van der Waals surface area contributed by atoms with E-state index in [0.717, 1.165) is 18.4 Å². The van der Waals surface area contributed by atoms with Gasteiger partial charge >= 0.3 is 0 Å². The zero-order chi connectivity index (χ0) is 24.0. The third-order valence-electron chi connectivity index (χ3n) is 5.39. The fraction of sp³-hybridized carbons (Fsp3) is 0.348. The summed E-state index contributed by atoms with van der Waals surface area (Å²) in [5.41, 5.74) is 1.07. The molecule has 2 N–H and O–H groups in total. The lowest BCUT2D eigenvalue weighted by molar-refractivity contribution is -0.133. The SMILES string of the molecule is COc1ccc(OC)c(C2CCCN2C(=O)CNC(=O)CNC(=O)c2ccc(Cl)cc2Cl)c1. The molecular formula is C23H25Cl2N3O5. The Kier molecular flexibility index (Phi) is 8.41. The van der Waals surface area contributed by atoms with Crippen LogP contribution in [0.15, 0.2) is 36.4 Å². The van der Waals surface area contributed by atoms with Gasteiger partial charge in [-0.1, -0.05) is 23.2 Å². The predicted molar refractivity (Wildman–Crippen MR) is 125 cm³/mol. The average Bonchev–Trinajstić information content (AvgIpc) is 3.30. The van der Waals surface area contributed by atoms with Crippen molar-refractivity contribution in [1.82, 2.24) is 15.5 Å². The zero-order valence-corrected chi connectivity index (χ0v) is 19.8. The lowest BCUT2D eigenvalue weighted by atomic mass is 10.0. The third-order valence-corrected chi connectivity index (χ3v) is 5.94. The predicted octanol–water partition coefficient (Wildman–Crippen LogP) is 3.22. The first kappa shape index (κ1) is 24.7. The second-order valence-electron chi connectivity index (χ2n) is 7.44. The summed E-state index contributed by atoms with van der Waals surface area (Å²) in [5.74, 6) is 0.130. The Morgan fingerprint density at radius 2 is 1.82 bits per heavy atom. The van der Waals surface area contributed by atoms with Gasteiger partial charge in [0.05, 0.1) is 43.9 Å². The number of rotatable bonds is 8. The molecule has 1 unspecified atom stereocenters. The summed E-state index contributed by atoms with van der Waals surface area (Å²) in [6.07, 6.45) is 1.61. The molecule has 3 rings (SSSR count). The number of carbonyl (C=O) groups excluding carboxylic acids is 3. The van der Waals surface area contributed by atoms with E-state index in [-0.39, 0.29) is 35.6 Å². The van der Waals surface area contributed by atoms with Crippen LogP contribution in [0.1, 0.15) is 34.8 Å². The minimum atomic E-state index is -0.511. The van der Waals surface area contributed by atoms with E-state index >= 15 is 0 Å². The molecule has 0 saturated carbocycles. The minimum Gasteiger partial charge on any atom is -0.497 e.